The minimum absolute atomic E-state index is 0.0274. The number of aliphatic hydroxyl groups is 1. The third kappa shape index (κ3) is 4.20. The average molecular weight is 382 g/mol. The lowest BCUT2D eigenvalue weighted by Gasteiger charge is -2.38. The van der Waals surface area contributed by atoms with Gasteiger partial charge in [0.2, 0.25) is 0 Å². The summed E-state index contributed by atoms with van der Waals surface area (Å²) < 4.78 is 22.4. The number of thioether (sulfide) groups is 1. The molecule has 142 valence electrons. The summed E-state index contributed by atoms with van der Waals surface area (Å²) in [5, 5.41) is 9.92. The predicted octanol–water partition coefficient (Wildman–Crippen LogP) is 1.73. The number of carbonyl (C=O) groups is 2. The molecule has 2 saturated heterocycles. The zero-order chi connectivity index (χ0) is 18.9. The van der Waals surface area contributed by atoms with Crippen LogP contribution in [0.3, 0.4) is 0 Å². The van der Waals surface area contributed by atoms with Gasteiger partial charge in [-0.1, -0.05) is 18.2 Å². The van der Waals surface area contributed by atoms with E-state index in [9.17, 15) is 14.7 Å². The summed E-state index contributed by atoms with van der Waals surface area (Å²) in [5.74, 6) is -1.85. The summed E-state index contributed by atoms with van der Waals surface area (Å²) in [5.41, 5.74) is -0.452. The standard InChI is InChI=1S/C18H22O7S/c1-10(19)23-13-12(9-22-16(20)11-7-5-4-6-8-11)26-17(21)15-14(13)24-18(2,3)25-15/h4-8,12-15,17,21H,9H2,1-3H3/t12-,13-,14+,15-,17-/m1/s1. The second kappa shape index (κ2) is 7.56. The molecule has 1 N–H and O–H groups in total. The molecule has 2 aliphatic rings. The lowest BCUT2D eigenvalue weighted by molar-refractivity contribution is -0.170. The van der Waals surface area contributed by atoms with E-state index in [4.69, 9.17) is 18.9 Å². The first-order valence-corrected chi connectivity index (χ1v) is 9.30. The van der Waals surface area contributed by atoms with Gasteiger partial charge in [0.1, 0.15) is 30.4 Å². The highest BCUT2D eigenvalue weighted by Crippen LogP contribution is 2.43. The maximum Gasteiger partial charge on any atom is 0.338 e. The van der Waals surface area contributed by atoms with Crippen LogP contribution in [0.4, 0.5) is 0 Å². The Morgan fingerprint density at radius 2 is 1.85 bits per heavy atom. The highest BCUT2D eigenvalue weighted by molar-refractivity contribution is 8.00. The molecule has 1 aromatic carbocycles. The lowest BCUT2D eigenvalue weighted by atomic mass is 10.0. The van der Waals surface area contributed by atoms with Gasteiger partial charge in [0.15, 0.2) is 5.79 Å². The highest BCUT2D eigenvalue weighted by atomic mass is 32.2. The molecule has 2 heterocycles. The van der Waals surface area contributed by atoms with Crippen molar-refractivity contribution in [3.63, 3.8) is 0 Å². The van der Waals surface area contributed by atoms with E-state index in [0.717, 1.165) is 11.8 Å². The molecule has 0 spiro atoms. The minimum Gasteiger partial charge on any atom is -0.461 e. The Labute approximate surface area is 155 Å². The molecule has 2 aliphatic heterocycles. The van der Waals surface area contributed by atoms with Crippen molar-refractivity contribution in [2.75, 3.05) is 6.61 Å². The Bertz CT molecular complexity index is 663. The number of esters is 2. The van der Waals surface area contributed by atoms with Gasteiger partial charge < -0.3 is 24.1 Å². The van der Waals surface area contributed by atoms with Crippen LogP contribution in [0.5, 0.6) is 0 Å². The van der Waals surface area contributed by atoms with Crippen LogP contribution in [0.15, 0.2) is 30.3 Å². The van der Waals surface area contributed by atoms with Gasteiger partial charge in [0.05, 0.1) is 10.8 Å². The zero-order valence-corrected chi connectivity index (χ0v) is 15.6. The van der Waals surface area contributed by atoms with Crippen molar-refractivity contribution in [2.45, 2.75) is 55.6 Å². The first-order chi connectivity index (χ1) is 12.3. The molecule has 5 atom stereocenters. The van der Waals surface area contributed by atoms with Gasteiger partial charge in [0.25, 0.3) is 0 Å². The summed E-state index contributed by atoms with van der Waals surface area (Å²) in [4.78, 5) is 23.7. The second-order valence-electron chi connectivity index (χ2n) is 6.67. The Hall–Kier alpha value is -1.61. The predicted molar refractivity (Wildman–Crippen MR) is 93.5 cm³/mol. The van der Waals surface area contributed by atoms with E-state index in [-0.39, 0.29) is 6.61 Å². The topological polar surface area (TPSA) is 91.3 Å². The Morgan fingerprint density at radius 1 is 1.19 bits per heavy atom. The number of rotatable bonds is 4. The first kappa shape index (κ1) is 19.2. The van der Waals surface area contributed by atoms with Crippen LogP contribution in [0.1, 0.15) is 31.1 Å². The lowest BCUT2D eigenvalue weighted by Crippen LogP contribution is -2.54. The molecule has 0 aromatic heterocycles. The Kier molecular flexibility index (Phi) is 5.57. The molecule has 1 aromatic rings. The smallest absolute Gasteiger partial charge is 0.338 e. The summed E-state index contributed by atoms with van der Waals surface area (Å²) in [6, 6.07) is 8.60. The van der Waals surface area contributed by atoms with Crippen LogP contribution in [0, 0.1) is 0 Å². The van der Waals surface area contributed by atoms with Crippen LogP contribution >= 0.6 is 11.8 Å². The van der Waals surface area contributed by atoms with Crippen molar-refractivity contribution in [3.8, 4) is 0 Å². The average Bonchev–Trinajstić information content (AvgIpc) is 2.92. The van der Waals surface area contributed by atoms with Crippen LogP contribution in [0.25, 0.3) is 0 Å². The first-order valence-electron chi connectivity index (χ1n) is 8.35. The van der Waals surface area contributed by atoms with Gasteiger partial charge in [-0.05, 0) is 26.0 Å². The van der Waals surface area contributed by atoms with E-state index in [1.54, 1.807) is 44.2 Å². The van der Waals surface area contributed by atoms with Crippen LogP contribution < -0.4 is 0 Å². The molecule has 0 saturated carbocycles. The van der Waals surface area contributed by atoms with Gasteiger partial charge in [0, 0.05) is 6.92 Å². The van der Waals surface area contributed by atoms with Gasteiger partial charge in [-0.3, -0.25) is 4.79 Å². The van der Waals surface area contributed by atoms with Gasteiger partial charge >= 0.3 is 11.9 Å². The molecule has 0 amide bonds. The summed E-state index contributed by atoms with van der Waals surface area (Å²) in [6.07, 6.45) is -1.96. The van der Waals surface area contributed by atoms with Crippen molar-refractivity contribution in [2.24, 2.45) is 0 Å². The molecule has 0 aliphatic carbocycles. The molecule has 0 unspecified atom stereocenters. The second-order valence-corrected chi connectivity index (χ2v) is 8.03. The summed E-state index contributed by atoms with van der Waals surface area (Å²) in [7, 11) is 0. The monoisotopic (exact) mass is 382 g/mol. The molecule has 0 radical (unpaired) electrons. The molecular formula is C18H22O7S. The van der Waals surface area contributed by atoms with Crippen LogP contribution in [-0.2, 0) is 23.7 Å². The van der Waals surface area contributed by atoms with Crippen molar-refractivity contribution in [1.29, 1.82) is 0 Å². The highest BCUT2D eigenvalue weighted by Gasteiger charge is 2.56. The van der Waals surface area contributed by atoms with E-state index in [0.29, 0.717) is 5.56 Å². The minimum atomic E-state index is -0.898. The van der Waals surface area contributed by atoms with Crippen molar-refractivity contribution >= 4 is 23.7 Å². The fraction of sp³-hybridized carbons (Fsp3) is 0.556. The number of ether oxygens (including phenoxy) is 4. The third-order valence-electron chi connectivity index (χ3n) is 4.14. The van der Waals surface area contributed by atoms with Crippen LogP contribution in [0.2, 0.25) is 0 Å². The number of hydrogen-bond acceptors (Lipinski definition) is 8. The number of benzene rings is 1. The maximum atomic E-state index is 12.2. The van der Waals surface area contributed by atoms with Crippen molar-refractivity contribution in [3.05, 3.63) is 35.9 Å². The molecule has 26 heavy (non-hydrogen) atoms. The Morgan fingerprint density at radius 3 is 2.50 bits per heavy atom. The van der Waals surface area contributed by atoms with E-state index in [1.165, 1.54) is 6.92 Å². The molecule has 8 heteroatoms. The largest absolute Gasteiger partial charge is 0.461 e. The van der Waals surface area contributed by atoms with E-state index in [1.807, 2.05) is 0 Å². The van der Waals surface area contributed by atoms with Crippen LogP contribution in [-0.4, -0.2) is 58.4 Å². The number of aliphatic hydroxyl groups excluding tert-OH is 1. The summed E-state index contributed by atoms with van der Waals surface area (Å²) >= 11 is 1.15. The molecule has 7 nitrogen and oxygen atoms in total. The van der Waals surface area contributed by atoms with Crippen molar-refractivity contribution < 1.29 is 33.6 Å². The van der Waals surface area contributed by atoms with Gasteiger partial charge in [-0.25, -0.2) is 4.79 Å². The SMILES string of the molecule is CC(=O)O[C@H]1[C@@H]2OC(C)(C)O[C@H]2[C@H](O)S[C@@H]1COC(=O)c1ccccc1. The molecule has 0 bridgehead atoms. The molecule has 3 rings (SSSR count). The van der Waals surface area contributed by atoms with Crippen molar-refractivity contribution in [1.82, 2.24) is 0 Å². The van der Waals surface area contributed by atoms with Gasteiger partial charge in [-0.2, -0.15) is 0 Å². The van der Waals surface area contributed by atoms with E-state index in [2.05, 4.69) is 0 Å². The zero-order valence-electron chi connectivity index (χ0n) is 14.8. The summed E-state index contributed by atoms with van der Waals surface area (Å²) in [6.45, 7) is 4.75. The quantitative estimate of drug-likeness (QED) is 0.788. The fourth-order valence-electron chi connectivity index (χ4n) is 3.12. The maximum absolute atomic E-state index is 12.2. The van der Waals surface area contributed by atoms with E-state index >= 15 is 0 Å². The number of fused-ring (bicyclic) bond motifs is 1. The molecule has 2 fully saturated rings. The third-order valence-corrected chi connectivity index (χ3v) is 5.44. The normalized spacial score (nSPS) is 32.5. The Balaban J connectivity index is 1.72. The number of hydrogen-bond donors (Lipinski definition) is 1. The fourth-order valence-corrected chi connectivity index (χ4v) is 4.36. The van der Waals surface area contributed by atoms with E-state index < -0.39 is 46.7 Å². The van der Waals surface area contributed by atoms with Gasteiger partial charge in [-0.15, -0.1) is 11.8 Å². The molecular weight excluding hydrogens is 360 g/mol. The number of carbonyl (C=O) groups excluding carboxylic acids is 2.